The molecule has 0 amide bonds. The Morgan fingerprint density at radius 3 is 2.50 bits per heavy atom. The molecule has 0 heterocycles. The predicted octanol–water partition coefficient (Wildman–Crippen LogP) is 4.67. The average Bonchev–Trinajstić information content (AvgIpc) is 2.20. The van der Waals surface area contributed by atoms with Crippen molar-refractivity contribution in [2.45, 2.75) is 45.3 Å². The van der Waals surface area contributed by atoms with Gasteiger partial charge in [-0.3, -0.25) is 0 Å². The fourth-order valence-corrected chi connectivity index (χ4v) is 1.74. The Balaban J connectivity index is 2.42. The first-order chi connectivity index (χ1) is 8.28. The highest BCUT2D eigenvalue weighted by molar-refractivity contribution is 5.51. The molecule has 0 saturated carbocycles. The van der Waals surface area contributed by atoms with Crippen molar-refractivity contribution in [1.82, 2.24) is 0 Å². The van der Waals surface area contributed by atoms with Crippen LogP contribution in [0.1, 0.15) is 31.7 Å². The van der Waals surface area contributed by atoms with Gasteiger partial charge in [0, 0.05) is 18.2 Å². The minimum absolute atomic E-state index is 0.0727. The predicted molar refractivity (Wildman–Crippen MR) is 64.1 cm³/mol. The highest BCUT2D eigenvalue weighted by atomic mass is 19.4. The number of rotatable bonds is 5. The summed E-state index contributed by atoms with van der Waals surface area (Å²) in [6, 6.07) is 4.25. The lowest BCUT2D eigenvalue weighted by molar-refractivity contribution is -0.135. The lowest BCUT2D eigenvalue weighted by Crippen LogP contribution is -2.17. The molecule has 0 fully saturated rings. The van der Waals surface area contributed by atoms with E-state index in [0.29, 0.717) is 6.42 Å². The lowest BCUT2D eigenvalue weighted by atomic mass is 10.1. The molecule has 1 rings (SSSR count). The molecule has 1 nitrogen and oxygen atoms in total. The summed E-state index contributed by atoms with van der Waals surface area (Å²) in [7, 11) is 0. The number of benzene rings is 1. The van der Waals surface area contributed by atoms with Crippen molar-refractivity contribution in [2.75, 3.05) is 5.32 Å². The number of halogens is 4. The third kappa shape index (κ3) is 5.38. The molecule has 0 aliphatic carbocycles. The average molecular weight is 263 g/mol. The topological polar surface area (TPSA) is 12.0 Å². The Labute approximate surface area is 104 Å². The van der Waals surface area contributed by atoms with E-state index in [-0.39, 0.29) is 18.3 Å². The van der Waals surface area contributed by atoms with Gasteiger partial charge in [0.05, 0.1) is 0 Å². The van der Waals surface area contributed by atoms with Crippen LogP contribution in [0.4, 0.5) is 23.2 Å². The van der Waals surface area contributed by atoms with Gasteiger partial charge in [0.25, 0.3) is 0 Å². The zero-order valence-electron chi connectivity index (χ0n) is 10.4. The first kappa shape index (κ1) is 14.8. The van der Waals surface area contributed by atoms with Gasteiger partial charge in [-0.15, -0.1) is 0 Å². The Kier molecular flexibility index (Phi) is 4.99. The van der Waals surface area contributed by atoms with E-state index in [1.807, 2.05) is 6.92 Å². The maximum atomic E-state index is 12.9. The van der Waals surface area contributed by atoms with E-state index < -0.39 is 12.6 Å². The molecule has 0 aliphatic rings. The van der Waals surface area contributed by atoms with Crippen LogP contribution in [0, 0.1) is 12.7 Å². The van der Waals surface area contributed by atoms with Crippen LogP contribution in [-0.2, 0) is 0 Å². The smallest absolute Gasteiger partial charge is 0.382 e. The summed E-state index contributed by atoms with van der Waals surface area (Å²) >= 11 is 0. The van der Waals surface area contributed by atoms with Crippen molar-refractivity contribution >= 4 is 5.69 Å². The zero-order valence-corrected chi connectivity index (χ0v) is 10.4. The summed E-state index contributed by atoms with van der Waals surface area (Å²) in [4.78, 5) is 0. The second-order valence-corrected chi connectivity index (χ2v) is 4.51. The molecular formula is C13H17F4N. The number of alkyl halides is 3. The van der Waals surface area contributed by atoms with Crippen LogP contribution in [0.5, 0.6) is 0 Å². The molecule has 1 aromatic rings. The molecule has 18 heavy (non-hydrogen) atoms. The maximum absolute atomic E-state index is 12.9. The SMILES string of the molecule is Cc1cc(F)ccc1NC(C)CCCC(F)(F)F. The van der Waals surface area contributed by atoms with E-state index in [2.05, 4.69) is 5.32 Å². The summed E-state index contributed by atoms with van der Waals surface area (Å²) < 4.78 is 48.8. The lowest BCUT2D eigenvalue weighted by Gasteiger charge is -2.17. The second kappa shape index (κ2) is 6.07. The van der Waals surface area contributed by atoms with Gasteiger partial charge in [0.1, 0.15) is 5.82 Å². The first-order valence-corrected chi connectivity index (χ1v) is 5.87. The molecule has 0 radical (unpaired) electrons. The van der Waals surface area contributed by atoms with Gasteiger partial charge in [0.2, 0.25) is 0 Å². The largest absolute Gasteiger partial charge is 0.389 e. The standard InChI is InChI=1S/C13H17F4N/c1-9-8-11(14)5-6-12(9)18-10(2)4-3-7-13(15,16)17/h5-6,8,10,18H,3-4,7H2,1-2H3. The van der Waals surface area contributed by atoms with Gasteiger partial charge in [0.15, 0.2) is 0 Å². The van der Waals surface area contributed by atoms with E-state index in [0.717, 1.165) is 11.3 Å². The van der Waals surface area contributed by atoms with E-state index in [1.54, 1.807) is 13.0 Å². The third-order valence-corrected chi connectivity index (χ3v) is 2.69. The Hall–Kier alpha value is -1.26. The minimum Gasteiger partial charge on any atom is -0.382 e. The molecule has 1 aromatic carbocycles. The van der Waals surface area contributed by atoms with Crippen LogP contribution < -0.4 is 5.32 Å². The number of anilines is 1. The monoisotopic (exact) mass is 263 g/mol. The van der Waals surface area contributed by atoms with Gasteiger partial charge < -0.3 is 5.32 Å². The van der Waals surface area contributed by atoms with Crippen molar-refractivity contribution in [1.29, 1.82) is 0 Å². The summed E-state index contributed by atoms with van der Waals surface area (Å²) in [6.45, 7) is 3.58. The fourth-order valence-electron chi connectivity index (χ4n) is 1.74. The van der Waals surface area contributed by atoms with Gasteiger partial charge in [-0.2, -0.15) is 13.2 Å². The highest BCUT2D eigenvalue weighted by Gasteiger charge is 2.26. The molecule has 102 valence electrons. The maximum Gasteiger partial charge on any atom is 0.389 e. The van der Waals surface area contributed by atoms with E-state index in [9.17, 15) is 17.6 Å². The quantitative estimate of drug-likeness (QED) is 0.761. The summed E-state index contributed by atoms with van der Waals surface area (Å²) in [5, 5.41) is 3.09. The molecule has 1 unspecified atom stereocenters. The zero-order chi connectivity index (χ0) is 13.8. The Morgan fingerprint density at radius 1 is 1.28 bits per heavy atom. The van der Waals surface area contributed by atoms with Gasteiger partial charge in [-0.25, -0.2) is 4.39 Å². The van der Waals surface area contributed by atoms with Crippen LogP contribution in [0.3, 0.4) is 0 Å². The van der Waals surface area contributed by atoms with Crippen LogP contribution in [-0.4, -0.2) is 12.2 Å². The second-order valence-electron chi connectivity index (χ2n) is 4.51. The van der Waals surface area contributed by atoms with Crippen LogP contribution in [0.25, 0.3) is 0 Å². The normalized spacial score (nSPS) is 13.4. The highest BCUT2D eigenvalue weighted by Crippen LogP contribution is 2.23. The summed E-state index contributed by atoms with van der Waals surface area (Å²) in [5.41, 5.74) is 1.51. The molecule has 5 heteroatoms. The molecule has 1 atom stereocenters. The molecule has 0 aliphatic heterocycles. The van der Waals surface area contributed by atoms with E-state index in [4.69, 9.17) is 0 Å². The number of hydrogen-bond donors (Lipinski definition) is 1. The van der Waals surface area contributed by atoms with E-state index in [1.165, 1.54) is 12.1 Å². The van der Waals surface area contributed by atoms with Crippen LogP contribution in [0.15, 0.2) is 18.2 Å². The van der Waals surface area contributed by atoms with Crippen molar-refractivity contribution < 1.29 is 17.6 Å². The number of aryl methyl sites for hydroxylation is 1. The number of hydrogen-bond acceptors (Lipinski definition) is 1. The van der Waals surface area contributed by atoms with E-state index >= 15 is 0 Å². The van der Waals surface area contributed by atoms with Gasteiger partial charge >= 0.3 is 6.18 Å². The molecule has 1 N–H and O–H groups in total. The van der Waals surface area contributed by atoms with Crippen molar-refractivity contribution in [3.05, 3.63) is 29.6 Å². The Morgan fingerprint density at radius 2 is 1.94 bits per heavy atom. The van der Waals surface area contributed by atoms with Gasteiger partial charge in [-0.05, 0) is 50.5 Å². The van der Waals surface area contributed by atoms with Crippen molar-refractivity contribution in [2.24, 2.45) is 0 Å². The van der Waals surface area contributed by atoms with Crippen molar-refractivity contribution in [3.8, 4) is 0 Å². The van der Waals surface area contributed by atoms with Gasteiger partial charge in [-0.1, -0.05) is 0 Å². The first-order valence-electron chi connectivity index (χ1n) is 5.87. The van der Waals surface area contributed by atoms with Crippen LogP contribution >= 0.6 is 0 Å². The number of nitrogens with one attached hydrogen (secondary N) is 1. The molecule has 0 bridgehead atoms. The molecular weight excluding hydrogens is 246 g/mol. The minimum atomic E-state index is -4.09. The summed E-state index contributed by atoms with van der Waals surface area (Å²) in [5.74, 6) is -0.317. The molecule has 0 spiro atoms. The van der Waals surface area contributed by atoms with Crippen molar-refractivity contribution in [3.63, 3.8) is 0 Å². The molecule has 0 aromatic heterocycles. The third-order valence-electron chi connectivity index (χ3n) is 2.69. The molecule has 0 saturated heterocycles. The Bertz CT molecular complexity index is 387. The fraction of sp³-hybridized carbons (Fsp3) is 0.538. The van der Waals surface area contributed by atoms with Crippen LogP contribution in [0.2, 0.25) is 0 Å². The summed E-state index contributed by atoms with van der Waals surface area (Å²) in [6.07, 6.45) is -4.33.